The third kappa shape index (κ3) is 9.70. The fourth-order valence-electron chi connectivity index (χ4n) is 1.85. The minimum atomic E-state index is 0. The second-order valence-electron chi connectivity index (χ2n) is 5.27. The van der Waals surface area contributed by atoms with Gasteiger partial charge in [-0.05, 0) is 37.1 Å². The maximum atomic E-state index is 11.1. The molecule has 0 saturated carbocycles. The van der Waals surface area contributed by atoms with Gasteiger partial charge < -0.3 is 10.6 Å². The molecule has 0 fully saturated rings. The standard InChI is InChI=1S/2C10H13NO.Cu/c2*1-2-7-11-8-9-5-3-4-6-10(9)12;/h2*3-6,8,11H,2,7H2,1H3;/b2*9-8-;. The zero-order valence-electron chi connectivity index (χ0n) is 14.7. The molecule has 139 valence electrons. The van der Waals surface area contributed by atoms with Crippen LogP contribution in [0.1, 0.15) is 26.7 Å². The summed E-state index contributed by atoms with van der Waals surface area (Å²) in [6.45, 7) is 6.00. The molecular weight excluding hydrogens is 364 g/mol. The molecule has 0 aromatic rings. The summed E-state index contributed by atoms with van der Waals surface area (Å²) in [6, 6.07) is 0. The van der Waals surface area contributed by atoms with Crippen LogP contribution in [0, 0.1) is 0 Å². The monoisotopic (exact) mass is 389 g/mol. The Morgan fingerprint density at radius 3 is 1.40 bits per heavy atom. The molecule has 25 heavy (non-hydrogen) atoms. The van der Waals surface area contributed by atoms with E-state index < -0.39 is 0 Å². The van der Waals surface area contributed by atoms with Crippen molar-refractivity contribution in [2.24, 2.45) is 0 Å². The first-order valence-electron chi connectivity index (χ1n) is 8.34. The zero-order chi connectivity index (χ0) is 17.6. The summed E-state index contributed by atoms with van der Waals surface area (Å²) < 4.78 is 0. The first-order chi connectivity index (χ1) is 11.7. The fraction of sp³-hybridized carbons (Fsp3) is 0.300. The van der Waals surface area contributed by atoms with Gasteiger partial charge in [-0.1, -0.05) is 38.2 Å². The van der Waals surface area contributed by atoms with Gasteiger partial charge in [-0.15, -0.1) is 0 Å². The van der Waals surface area contributed by atoms with Gasteiger partial charge in [0.05, 0.1) is 0 Å². The molecule has 0 aliphatic heterocycles. The Bertz CT molecular complexity index is 557. The van der Waals surface area contributed by atoms with E-state index in [1.54, 1.807) is 36.7 Å². The molecule has 0 bridgehead atoms. The van der Waals surface area contributed by atoms with Gasteiger partial charge in [-0.2, -0.15) is 0 Å². The zero-order valence-corrected chi connectivity index (χ0v) is 15.7. The minimum absolute atomic E-state index is 0. The van der Waals surface area contributed by atoms with Crippen molar-refractivity contribution in [3.63, 3.8) is 0 Å². The Hall–Kier alpha value is -2.10. The molecule has 0 heterocycles. The third-order valence-corrected chi connectivity index (χ3v) is 3.14. The van der Waals surface area contributed by atoms with Crippen molar-refractivity contribution < 1.29 is 26.7 Å². The summed E-state index contributed by atoms with van der Waals surface area (Å²) in [5.74, 6) is 0.141. The van der Waals surface area contributed by atoms with E-state index in [0.29, 0.717) is 0 Å². The summed E-state index contributed by atoms with van der Waals surface area (Å²) >= 11 is 0. The van der Waals surface area contributed by atoms with Crippen LogP contribution < -0.4 is 10.6 Å². The van der Waals surface area contributed by atoms with Crippen molar-refractivity contribution in [3.05, 3.63) is 72.2 Å². The van der Waals surface area contributed by atoms with Gasteiger partial charge in [-0.25, -0.2) is 0 Å². The van der Waals surface area contributed by atoms with E-state index in [9.17, 15) is 9.59 Å². The molecule has 2 aliphatic rings. The molecule has 0 atom stereocenters. The number of hydrogen-bond acceptors (Lipinski definition) is 4. The summed E-state index contributed by atoms with van der Waals surface area (Å²) in [5.41, 5.74) is 1.46. The molecule has 4 nitrogen and oxygen atoms in total. The van der Waals surface area contributed by atoms with E-state index in [1.165, 1.54) is 0 Å². The summed E-state index contributed by atoms with van der Waals surface area (Å²) in [4.78, 5) is 22.3. The van der Waals surface area contributed by atoms with Crippen LogP contribution in [0.3, 0.4) is 0 Å². The molecule has 0 unspecified atom stereocenters. The van der Waals surface area contributed by atoms with Crippen molar-refractivity contribution in [2.75, 3.05) is 13.1 Å². The fourth-order valence-corrected chi connectivity index (χ4v) is 1.85. The molecule has 2 N–H and O–H groups in total. The van der Waals surface area contributed by atoms with E-state index in [2.05, 4.69) is 24.5 Å². The number of ketones is 2. The SMILES string of the molecule is CCCN/C=C1/C=CC=CC1=O.CCCN/C=C1/C=CC=CC1=O.[Cu]. The van der Waals surface area contributed by atoms with Crippen molar-refractivity contribution in [2.45, 2.75) is 26.7 Å². The normalized spacial score (nSPS) is 18.0. The molecule has 2 aliphatic carbocycles. The van der Waals surface area contributed by atoms with Crippen molar-refractivity contribution in [1.29, 1.82) is 0 Å². The maximum absolute atomic E-state index is 11.1. The Kier molecular flexibility index (Phi) is 13.1. The third-order valence-electron chi connectivity index (χ3n) is 3.14. The Morgan fingerprint density at radius 1 is 0.720 bits per heavy atom. The molecule has 0 aromatic carbocycles. The Balaban J connectivity index is 0.000000443. The summed E-state index contributed by atoms with van der Waals surface area (Å²) in [7, 11) is 0. The number of hydrogen-bond donors (Lipinski definition) is 2. The predicted octanol–water partition coefficient (Wildman–Crippen LogP) is 3.13. The molecule has 1 radical (unpaired) electrons. The number of rotatable bonds is 6. The molecule has 0 saturated heterocycles. The van der Waals surface area contributed by atoms with Gasteiger partial charge in [0.1, 0.15) is 0 Å². The molecule has 0 spiro atoms. The van der Waals surface area contributed by atoms with Crippen LogP contribution in [0.15, 0.2) is 72.2 Å². The van der Waals surface area contributed by atoms with Crippen LogP contribution in [0.4, 0.5) is 0 Å². The van der Waals surface area contributed by atoms with Crippen molar-refractivity contribution in [1.82, 2.24) is 10.6 Å². The average Bonchev–Trinajstić information content (AvgIpc) is 2.59. The quantitative estimate of drug-likeness (QED) is 0.416. The molecule has 0 amide bonds. The first kappa shape index (κ1) is 22.9. The Morgan fingerprint density at radius 2 is 1.08 bits per heavy atom. The predicted molar refractivity (Wildman–Crippen MR) is 99.3 cm³/mol. The number of carbonyl (C=O) groups excluding carboxylic acids is 2. The number of allylic oxidation sites excluding steroid dienone is 10. The van der Waals surface area contributed by atoms with E-state index in [1.807, 2.05) is 24.3 Å². The Labute approximate surface area is 161 Å². The summed E-state index contributed by atoms with van der Waals surface area (Å²) in [5, 5.41) is 6.13. The van der Waals surface area contributed by atoms with Crippen LogP contribution in [-0.4, -0.2) is 24.7 Å². The van der Waals surface area contributed by atoms with E-state index in [-0.39, 0.29) is 28.6 Å². The topological polar surface area (TPSA) is 58.2 Å². The van der Waals surface area contributed by atoms with Gasteiger partial charge in [0.2, 0.25) is 0 Å². The van der Waals surface area contributed by atoms with Crippen LogP contribution >= 0.6 is 0 Å². The smallest absolute Gasteiger partial charge is 0.187 e. The number of carbonyl (C=O) groups is 2. The van der Waals surface area contributed by atoms with Gasteiger partial charge in [0, 0.05) is 53.7 Å². The second kappa shape index (κ2) is 14.3. The molecular formula is C20H26CuN2O2. The van der Waals surface area contributed by atoms with Crippen molar-refractivity contribution in [3.8, 4) is 0 Å². The van der Waals surface area contributed by atoms with Gasteiger partial charge in [0.15, 0.2) is 11.6 Å². The molecule has 2 rings (SSSR count). The second-order valence-corrected chi connectivity index (χ2v) is 5.27. The van der Waals surface area contributed by atoms with Gasteiger partial charge in [0.25, 0.3) is 0 Å². The number of nitrogens with one attached hydrogen (secondary N) is 2. The van der Waals surface area contributed by atoms with Crippen LogP contribution in [0.5, 0.6) is 0 Å². The van der Waals surface area contributed by atoms with Crippen LogP contribution in [0.2, 0.25) is 0 Å². The van der Waals surface area contributed by atoms with E-state index in [0.717, 1.165) is 37.1 Å². The van der Waals surface area contributed by atoms with Crippen LogP contribution in [-0.2, 0) is 26.7 Å². The first-order valence-corrected chi connectivity index (χ1v) is 8.34. The van der Waals surface area contributed by atoms with Gasteiger partial charge in [-0.3, -0.25) is 9.59 Å². The average molecular weight is 390 g/mol. The summed E-state index contributed by atoms with van der Waals surface area (Å²) in [6.07, 6.45) is 19.7. The minimum Gasteiger partial charge on any atom is -0.390 e. The molecule has 0 aromatic heterocycles. The largest absolute Gasteiger partial charge is 0.390 e. The van der Waals surface area contributed by atoms with Gasteiger partial charge >= 0.3 is 0 Å². The van der Waals surface area contributed by atoms with E-state index >= 15 is 0 Å². The van der Waals surface area contributed by atoms with E-state index in [4.69, 9.17) is 0 Å². The van der Waals surface area contributed by atoms with Crippen LogP contribution in [0.25, 0.3) is 0 Å². The van der Waals surface area contributed by atoms with Crippen molar-refractivity contribution >= 4 is 11.6 Å². The maximum Gasteiger partial charge on any atom is 0.187 e. The molecule has 5 heteroatoms.